The number of para-hydroxylation sites is 1. The van der Waals surface area contributed by atoms with Crippen molar-refractivity contribution in [3.05, 3.63) is 53.8 Å². The van der Waals surface area contributed by atoms with Crippen LogP contribution in [0.1, 0.15) is 10.4 Å². The lowest BCUT2D eigenvalue weighted by Crippen LogP contribution is -2.42. The average Bonchev–Trinajstić information content (AvgIpc) is 2.58. The Morgan fingerprint density at radius 3 is 2.67 bits per heavy atom. The molecule has 2 rings (SSSR count). The van der Waals surface area contributed by atoms with E-state index >= 15 is 0 Å². The van der Waals surface area contributed by atoms with Crippen molar-refractivity contribution in [2.24, 2.45) is 5.73 Å². The van der Waals surface area contributed by atoms with Gasteiger partial charge in [-0.05, 0) is 29.8 Å². The van der Waals surface area contributed by atoms with Crippen LogP contribution in [0.25, 0.3) is 11.1 Å². The van der Waals surface area contributed by atoms with Crippen LogP contribution in [0.15, 0.2) is 42.5 Å². The number of carbonyl (C=O) groups excluding carboxylic acids is 1. The van der Waals surface area contributed by atoms with Crippen molar-refractivity contribution < 1.29 is 23.8 Å². The molecule has 0 saturated carbocycles. The number of nitrogens with one attached hydrogen (secondary N) is 1. The molecule has 24 heavy (non-hydrogen) atoms. The fourth-order valence-electron chi connectivity index (χ4n) is 2.15. The summed E-state index contributed by atoms with van der Waals surface area (Å²) in [7, 11) is 1.50. The highest BCUT2D eigenvalue weighted by Crippen LogP contribution is 2.30. The Morgan fingerprint density at radius 2 is 2.00 bits per heavy atom. The summed E-state index contributed by atoms with van der Waals surface area (Å²) < 4.78 is 19.1. The molecule has 0 aliphatic heterocycles. The number of halogens is 1. The van der Waals surface area contributed by atoms with Crippen molar-refractivity contribution in [1.29, 1.82) is 0 Å². The Kier molecular flexibility index (Phi) is 5.49. The standard InChI is InChI=1S/C17H17FN2O4/c1-24-15-5-3-2-4-13(15)10-6-11(8-12(18)7-10)16(21)20-9-14(19)17(22)23/h2-8,14H,9,19H2,1H3,(H,20,21)(H,22,23)/t14-/m1/s1. The second-order valence-electron chi connectivity index (χ2n) is 5.08. The number of amides is 1. The minimum absolute atomic E-state index is 0.0634. The average molecular weight is 332 g/mol. The van der Waals surface area contributed by atoms with Gasteiger partial charge in [-0.1, -0.05) is 18.2 Å². The maximum absolute atomic E-state index is 13.9. The lowest BCUT2D eigenvalue weighted by atomic mass is 10.0. The number of carboxylic acids is 1. The molecule has 0 aliphatic carbocycles. The van der Waals surface area contributed by atoms with Crippen LogP contribution in [0.2, 0.25) is 0 Å². The topological polar surface area (TPSA) is 102 Å². The van der Waals surface area contributed by atoms with E-state index in [0.29, 0.717) is 16.9 Å². The first-order valence-electron chi connectivity index (χ1n) is 7.13. The van der Waals surface area contributed by atoms with E-state index in [1.807, 2.05) is 0 Å². The highest BCUT2D eigenvalue weighted by Gasteiger charge is 2.15. The molecule has 1 amide bonds. The fourth-order valence-corrected chi connectivity index (χ4v) is 2.15. The van der Waals surface area contributed by atoms with Gasteiger partial charge in [-0.3, -0.25) is 9.59 Å². The number of carbonyl (C=O) groups is 2. The van der Waals surface area contributed by atoms with E-state index < -0.39 is 23.7 Å². The van der Waals surface area contributed by atoms with Crippen LogP contribution >= 0.6 is 0 Å². The molecular weight excluding hydrogens is 315 g/mol. The molecule has 0 aliphatic rings. The van der Waals surface area contributed by atoms with Crippen LogP contribution in [0.3, 0.4) is 0 Å². The molecule has 0 unspecified atom stereocenters. The molecule has 7 heteroatoms. The van der Waals surface area contributed by atoms with Crippen molar-refractivity contribution in [3.63, 3.8) is 0 Å². The Bertz CT molecular complexity index is 764. The van der Waals surface area contributed by atoms with Crippen molar-refractivity contribution in [2.75, 3.05) is 13.7 Å². The molecule has 0 radical (unpaired) electrons. The maximum Gasteiger partial charge on any atom is 0.322 e. The number of methoxy groups -OCH3 is 1. The molecular formula is C17H17FN2O4. The maximum atomic E-state index is 13.9. The number of benzene rings is 2. The second-order valence-corrected chi connectivity index (χ2v) is 5.08. The molecule has 0 fully saturated rings. The molecule has 2 aromatic rings. The number of ether oxygens (including phenoxy) is 1. The molecule has 6 nitrogen and oxygen atoms in total. The highest BCUT2D eigenvalue weighted by molar-refractivity contribution is 5.96. The second kappa shape index (κ2) is 7.56. The largest absolute Gasteiger partial charge is 0.496 e. The molecule has 0 saturated heterocycles. The summed E-state index contributed by atoms with van der Waals surface area (Å²) in [5.74, 6) is -1.89. The van der Waals surface area contributed by atoms with Crippen LogP contribution in [-0.2, 0) is 4.79 Å². The lowest BCUT2D eigenvalue weighted by molar-refractivity contribution is -0.138. The van der Waals surface area contributed by atoms with E-state index in [1.54, 1.807) is 24.3 Å². The van der Waals surface area contributed by atoms with Crippen LogP contribution in [0, 0.1) is 5.82 Å². The van der Waals surface area contributed by atoms with E-state index in [1.165, 1.54) is 19.2 Å². The predicted octanol–water partition coefficient (Wildman–Crippen LogP) is 1.64. The van der Waals surface area contributed by atoms with Gasteiger partial charge < -0.3 is 20.9 Å². The quantitative estimate of drug-likeness (QED) is 0.746. The summed E-state index contributed by atoms with van der Waals surface area (Å²) in [6, 6.07) is 9.66. The highest BCUT2D eigenvalue weighted by atomic mass is 19.1. The number of rotatable bonds is 6. The minimum atomic E-state index is -1.23. The van der Waals surface area contributed by atoms with Crippen LogP contribution in [-0.4, -0.2) is 36.7 Å². The van der Waals surface area contributed by atoms with Crippen molar-refractivity contribution in [1.82, 2.24) is 5.32 Å². The van der Waals surface area contributed by atoms with E-state index in [9.17, 15) is 14.0 Å². The fraction of sp³-hybridized carbons (Fsp3) is 0.176. The smallest absolute Gasteiger partial charge is 0.322 e. The molecule has 126 valence electrons. The Morgan fingerprint density at radius 1 is 1.29 bits per heavy atom. The summed E-state index contributed by atoms with van der Waals surface area (Å²) in [6.45, 7) is -0.255. The first kappa shape index (κ1) is 17.4. The summed E-state index contributed by atoms with van der Waals surface area (Å²) >= 11 is 0. The SMILES string of the molecule is COc1ccccc1-c1cc(F)cc(C(=O)NC[C@@H](N)C(=O)O)c1. The van der Waals surface area contributed by atoms with Gasteiger partial charge in [0, 0.05) is 17.7 Å². The summed E-state index contributed by atoms with van der Waals surface area (Å²) in [4.78, 5) is 22.8. The Hall–Kier alpha value is -2.93. The lowest BCUT2D eigenvalue weighted by Gasteiger charge is -2.12. The van der Waals surface area contributed by atoms with Gasteiger partial charge in [0.2, 0.25) is 0 Å². The van der Waals surface area contributed by atoms with Gasteiger partial charge in [0.1, 0.15) is 17.6 Å². The summed E-state index contributed by atoms with van der Waals surface area (Å²) in [5.41, 5.74) is 6.50. The van der Waals surface area contributed by atoms with E-state index in [0.717, 1.165) is 6.07 Å². The minimum Gasteiger partial charge on any atom is -0.496 e. The summed E-state index contributed by atoms with van der Waals surface area (Å²) in [6.07, 6.45) is 0. The van der Waals surface area contributed by atoms with Crippen LogP contribution < -0.4 is 15.8 Å². The number of hydrogen-bond donors (Lipinski definition) is 3. The van der Waals surface area contributed by atoms with Gasteiger partial charge >= 0.3 is 5.97 Å². The predicted molar refractivity (Wildman–Crippen MR) is 86.3 cm³/mol. The van der Waals surface area contributed by atoms with Crippen LogP contribution in [0.4, 0.5) is 4.39 Å². The number of aliphatic carboxylic acids is 1. The number of nitrogens with two attached hydrogens (primary N) is 1. The molecule has 0 aromatic heterocycles. The van der Waals surface area contributed by atoms with Crippen LogP contribution in [0.5, 0.6) is 5.75 Å². The zero-order valence-corrected chi connectivity index (χ0v) is 13.0. The van der Waals surface area contributed by atoms with Gasteiger partial charge in [0.25, 0.3) is 5.91 Å². The van der Waals surface area contributed by atoms with Gasteiger partial charge in [-0.2, -0.15) is 0 Å². The van der Waals surface area contributed by atoms with Gasteiger partial charge in [-0.15, -0.1) is 0 Å². The third-order valence-electron chi connectivity index (χ3n) is 3.38. The summed E-state index contributed by atoms with van der Waals surface area (Å²) in [5, 5.41) is 11.1. The third kappa shape index (κ3) is 4.08. The van der Waals surface area contributed by atoms with Crippen molar-refractivity contribution >= 4 is 11.9 Å². The molecule has 2 aromatic carbocycles. The number of hydrogen-bond acceptors (Lipinski definition) is 4. The zero-order chi connectivity index (χ0) is 17.7. The van der Waals surface area contributed by atoms with E-state index in [-0.39, 0.29) is 12.1 Å². The third-order valence-corrected chi connectivity index (χ3v) is 3.38. The Labute approximate surface area is 138 Å². The van der Waals surface area contributed by atoms with Crippen molar-refractivity contribution in [3.8, 4) is 16.9 Å². The van der Waals surface area contributed by atoms with Gasteiger partial charge in [0.15, 0.2) is 0 Å². The monoisotopic (exact) mass is 332 g/mol. The van der Waals surface area contributed by atoms with Gasteiger partial charge in [0.05, 0.1) is 7.11 Å². The van der Waals surface area contributed by atoms with Crippen molar-refractivity contribution in [2.45, 2.75) is 6.04 Å². The Balaban J connectivity index is 2.28. The van der Waals surface area contributed by atoms with E-state index in [2.05, 4.69) is 5.32 Å². The normalized spacial score (nSPS) is 11.6. The first-order chi connectivity index (χ1) is 11.4. The molecule has 1 atom stereocenters. The molecule has 0 heterocycles. The van der Waals surface area contributed by atoms with E-state index in [4.69, 9.17) is 15.6 Å². The molecule has 0 bridgehead atoms. The molecule has 4 N–H and O–H groups in total. The number of carboxylic acid groups (broad SMARTS) is 1. The zero-order valence-electron chi connectivity index (χ0n) is 13.0. The molecule has 0 spiro atoms. The first-order valence-corrected chi connectivity index (χ1v) is 7.13. The van der Waals surface area contributed by atoms with Gasteiger partial charge in [-0.25, -0.2) is 4.39 Å².